The molecule has 3 atom stereocenters. The van der Waals surface area contributed by atoms with Gasteiger partial charge < -0.3 is 5.11 Å². The highest BCUT2D eigenvalue weighted by molar-refractivity contribution is 5.27. The Morgan fingerprint density at radius 1 is 1.30 bits per heavy atom. The summed E-state index contributed by atoms with van der Waals surface area (Å²) in [5.74, 6) is -3.03. The third-order valence-electron chi connectivity index (χ3n) is 3.24. The Kier molecular flexibility index (Phi) is 4.62. The molecule has 0 bridgehead atoms. The minimum Gasteiger partial charge on any atom is -0.391 e. The first-order valence-corrected chi connectivity index (χ1v) is 5.70. The Hall–Kier alpha value is -1.79. The molecule has 1 aromatic rings. The molecule has 0 aromatic heterocycles. The molecule has 0 aliphatic carbocycles. The van der Waals surface area contributed by atoms with Gasteiger partial charge in [-0.2, -0.15) is 13.2 Å². The van der Waals surface area contributed by atoms with Gasteiger partial charge in [0.25, 0.3) is 0 Å². The SMILES string of the molecule is C[C@@H]([C@H](O)[C@](C)(N=[N+]=[N-])c1ccccc1F)C(F)(F)F. The summed E-state index contributed by atoms with van der Waals surface area (Å²) < 4.78 is 51.8. The van der Waals surface area contributed by atoms with Gasteiger partial charge in [0.05, 0.1) is 12.0 Å². The molecular weight excluding hydrogens is 278 g/mol. The average molecular weight is 291 g/mol. The highest BCUT2D eigenvalue weighted by Gasteiger charge is 2.49. The molecular formula is C12H13F4N3O. The number of rotatable bonds is 4. The van der Waals surface area contributed by atoms with E-state index in [1.54, 1.807) is 0 Å². The highest BCUT2D eigenvalue weighted by Crippen LogP contribution is 2.40. The zero-order valence-electron chi connectivity index (χ0n) is 10.8. The minimum absolute atomic E-state index is 0.290. The van der Waals surface area contributed by atoms with Gasteiger partial charge in [-0.05, 0) is 18.5 Å². The van der Waals surface area contributed by atoms with E-state index in [4.69, 9.17) is 5.53 Å². The standard InChI is InChI=1S/C12H13F4N3O/c1-7(12(14,15)16)10(20)11(2,18-19-17)8-5-3-4-6-9(8)13/h3-7,10,20H,1-2H3/t7-,10-,11+/m0/s1. The van der Waals surface area contributed by atoms with Crippen LogP contribution < -0.4 is 0 Å². The Morgan fingerprint density at radius 3 is 2.30 bits per heavy atom. The lowest BCUT2D eigenvalue weighted by molar-refractivity contribution is -0.202. The maximum absolute atomic E-state index is 13.8. The molecule has 1 aromatic carbocycles. The summed E-state index contributed by atoms with van der Waals surface area (Å²) in [5.41, 5.74) is 6.18. The van der Waals surface area contributed by atoms with Crippen molar-refractivity contribution in [2.45, 2.75) is 31.7 Å². The molecule has 20 heavy (non-hydrogen) atoms. The van der Waals surface area contributed by atoms with Crippen LogP contribution in [0.5, 0.6) is 0 Å². The van der Waals surface area contributed by atoms with Crippen LogP contribution in [-0.4, -0.2) is 17.4 Å². The summed E-state index contributed by atoms with van der Waals surface area (Å²) >= 11 is 0. The molecule has 110 valence electrons. The lowest BCUT2D eigenvalue weighted by Gasteiger charge is -2.35. The van der Waals surface area contributed by atoms with Crippen molar-refractivity contribution in [1.82, 2.24) is 0 Å². The minimum atomic E-state index is -4.70. The summed E-state index contributed by atoms with van der Waals surface area (Å²) in [7, 11) is 0. The second-order valence-electron chi connectivity index (χ2n) is 4.59. The normalized spacial score (nSPS) is 17.8. The van der Waals surface area contributed by atoms with Crippen LogP contribution in [0.4, 0.5) is 17.6 Å². The van der Waals surface area contributed by atoms with E-state index in [1.165, 1.54) is 18.2 Å². The van der Waals surface area contributed by atoms with Gasteiger partial charge in [-0.1, -0.05) is 30.2 Å². The van der Waals surface area contributed by atoms with Crippen molar-refractivity contribution < 1.29 is 22.7 Å². The summed E-state index contributed by atoms with van der Waals surface area (Å²) in [5, 5.41) is 13.1. The van der Waals surface area contributed by atoms with Gasteiger partial charge in [0.1, 0.15) is 11.4 Å². The van der Waals surface area contributed by atoms with Gasteiger partial charge in [-0.15, -0.1) is 0 Å². The predicted octanol–water partition coefficient (Wildman–Crippen LogP) is 3.91. The number of alkyl halides is 3. The number of halogens is 4. The van der Waals surface area contributed by atoms with Crippen molar-refractivity contribution >= 4 is 0 Å². The fourth-order valence-electron chi connectivity index (χ4n) is 1.90. The molecule has 0 amide bonds. The van der Waals surface area contributed by atoms with Crippen LogP contribution in [0.25, 0.3) is 10.4 Å². The number of hydrogen-bond donors (Lipinski definition) is 1. The number of hydrogen-bond acceptors (Lipinski definition) is 2. The first kappa shape index (κ1) is 16.3. The van der Waals surface area contributed by atoms with Crippen molar-refractivity contribution in [3.8, 4) is 0 Å². The zero-order valence-corrected chi connectivity index (χ0v) is 10.8. The first-order valence-electron chi connectivity index (χ1n) is 5.70. The molecule has 0 unspecified atom stereocenters. The largest absolute Gasteiger partial charge is 0.394 e. The van der Waals surface area contributed by atoms with E-state index in [-0.39, 0.29) is 5.56 Å². The second-order valence-corrected chi connectivity index (χ2v) is 4.59. The first-order chi connectivity index (χ1) is 9.14. The molecule has 0 fully saturated rings. The van der Waals surface area contributed by atoms with Crippen molar-refractivity contribution in [1.29, 1.82) is 0 Å². The summed E-state index contributed by atoms with van der Waals surface area (Å²) in [6.45, 7) is 1.81. The maximum Gasteiger partial charge on any atom is 0.394 e. The number of benzene rings is 1. The quantitative estimate of drug-likeness (QED) is 0.388. The van der Waals surface area contributed by atoms with Gasteiger partial charge >= 0.3 is 6.18 Å². The molecule has 0 spiro atoms. The van der Waals surface area contributed by atoms with E-state index < -0.39 is 29.6 Å². The van der Waals surface area contributed by atoms with Crippen LogP contribution >= 0.6 is 0 Å². The molecule has 0 aliphatic rings. The highest BCUT2D eigenvalue weighted by atomic mass is 19.4. The van der Waals surface area contributed by atoms with Gasteiger partial charge in [0.2, 0.25) is 0 Å². The molecule has 8 heteroatoms. The Labute approximate surface area is 112 Å². The Bertz CT molecular complexity index is 528. The van der Waals surface area contributed by atoms with Crippen LogP contribution in [0.1, 0.15) is 19.4 Å². The van der Waals surface area contributed by atoms with Gasteiger partial charge in [0.15, 0.2) is 0 Å². The molecule has 4 nitrogen and oxygen atoms in total. The summed E-state index contributed by atoms with van der Waals surface area (Å²) in [6.07, 6.45) is -6.81. The lowest BCUT2D eigenvalue weighted by atomic mass is 9.81. The Morgan fingerprint density at radius 2 is 1.85 bits per heavy atom. The van der Waals surface area contributed by atoms with Crippen molar-refractivity contribution in [2.24, 2.45) is 11.0 Å². The number of azide groups is 1. The average Bonchev–Trinajstić information content (AvgIpc) is 2.36. The molecule has 0 radical (unpaired) electrons. The number of aliphatic hydroxyl groups is 1. The third-order valence-corrected chi connectivity index (χ3v) is 3.24. The number of aliphatic hydroxyl groups excluding tert-OH is 1. The van der Waals surface area contributed by atoms with Crippen LogP contribution in [0, 0.1) is 11.7 Å². The van der Waals surface area contributed by atoms with Gasteiger partial charge in [0, 0.05) is 10.5 Å². The number of nitrogens with zero attached hydrogens (tertiary/aromatic N) is 3. The van der Waals surface area contributed by atoms with Crippen LogP contribution in [0.3, 0.4) is 0 Å². The van der Waals surface area contributed by atoms with E-state index in [0.717, 1.165) is 19.9 Å². The van der Waals surface area contributed by atoms with Crippen LogP contribution in [0.2, 0.25) is 0 Å². The zero-order chi connectivity index (χ0) is 15.6. The van der Waals surface area contributed by atoms with E-state index in [0.29, 0.717) is 0 Å². The summed E-state index contributed by atoms with van der Waals surface area (Å²) in [4.78, 5) is 2.44. The van der Waals surface area contributed by atoms with E-state index >= 15 is 0 Å². The van der Waals surface area contributed by atoms with E-state index in [1.807, 2.05) is 0 Å². The van der Waals surface area contributed by atoms with E-state index in [2.05, 4.69) is 10.0 Å². The second kappa shape index (κ2) is 5.68. The van der Waals surface area contributed by atoms with Crippen molar-refractivity contribution in [3.63, 3.8) is 0 Å². The Balaban J connectivity index is 3.37. The molecule has 0 saturated heterocycles. The van der Waals surface area contributed by atoms with Crippen molar-refractivity contribution in [2.75, 3.05) is 0 Å². The lowest BCUT2D eigenvalue weighted by Crippen LogP contribution is -2.45. The third kappa shape index (κ3) is 3.02. The van der Waals surface area contributed by atoms with Gasteiger partial charge in [-0.3, -0.25) is 0 Å². The molecule has 1 N–H and O–H groups in total. The monoisotopic (exact) mass is 291 g/mol. The fourth-order valence-corrected chi connectivity index (χ4v) is 1.90. The summed E-state index contributed by atoms with van der Waals surface area (Å²) in [6, 6.07) is 4.92. The predicted molar refractivity (Wildman–Crippen MR) is 64.1 cm³/mol. The van der Waals surface area contributed by atoms with Crippen LogP contribution in [-0.2, 0) is 5.54 Å². The fraction of sp³-hybridized carbons (Fsp3) is 0.500. The maximum atomic E-state index is 13.8. The van der Waals surface area contributed by atoms with Crippen molar-refractivity contribution in [3.05, 3.63) is 46.1 Å². The molecule has 0 aliphatic heterocycles. The van der Waals surface area contributed by atoms with E-state index in [9.17, 15) is 22.7 Å². The van der Waals surface area contributed by atoms with Gasteiger partial charge in [-0.25, -0.2) is 4.39 Å². The smallest absolute Gasteiger partial charge is 0.391 e. The van der Waals surface area contributed by atoms with Crippen LogP contribution in [0.15, 0.2) is 29.4 Å². The molecule has 0 heterocycles. The molecule has 0 saturated carbocycles. The topological polar surface area (TPSA) is 69.0 Å². The molecule has 1 rings (SSSR count).